The van der Waals surface area contributed by atoms with Crippen molar-refractivity contribution in [3.8, 4) is 0 Å². The lowest BCUT2D eigenvalue weighted by atomic mass is 10.1. The first-order chi connectivity index (χ1) is 13.0. The molecule has 2 heterocycles. The highest BCUT2D eigenvalue weighted by Crippen LogP contribution is 2.22. The molecule has 1 aliphatic heterocycles. The van der Waals surface area contributed by atoms with E-state index in [9.17, 15) is 13.2 Å². The summed E-state index contributed by atoms with van der Waals surface area (Å²) in [5, 5.41) is 8.07. The number of nitrogens with zero attached hydrogens (tertiary/aromatic N) is 3. The van der Waals surface area contributed by atoms with Crippen LogP contribution in [0.4, 0.5) is 0 Å². The van der Waals surface area contributed by atoms with Crippen molar-refractivity contribution in [2.45, 2.75) is 4.90 Å². The number of benzene rings is 2. The lowest BCUT2D eigenvalue weighted by Crippen LogP contribution is -2.50. The standard InChI is InChI=1S/C18H17ClN4O3S/c19-14-4-2-5-15(11-14)27(25,26)23-9-7-22(8-10-23)18(24)16-6-1-3-13-12-20-21-17(13)16/h1-6,11-12H,7-10H2,(H,20,21). The lowest BCUT2D eigenvalue weighted by Gasteiger charge is -2.34. The van der Waals surface area contributed by atoms with E-state index in [1.54, 1.807) is 29.3 Å². The fourth-order valence-corrected chi connectivity index (χ4v) is 4.95. The molecule has 0 unspecified atom stereocenters. The van der Waals surface area contributed by atoms with Crippen LogP contribution in [0.15, 0.2) is 53.6 Å². The maximum absolute atomic E-state index is 12.9. The summed E-state index contributed by atoms with van der Waals surface area (Å²) in [6, 6.07) is 11.6. The van der Waals surface area contributed by atoms with E-state index in [-0.39, 0.29) is 23.9 Å². The Bertz CT molecular complexity index is 1100. The average Bonchev–Trinajstić information content (AvgIpc) is 3.16. The van der Waals surface area contributed by atoms with Crippen molar-refractivity contribution in [2.75, 3.05) is 26.2 Å². The molecule has 140 valence electrons. The molecule has 3 aromatic rings. The zero-order valence-electron chi connectivity index (χ0n) is 14.3. The maximum Gasteiger partial charge on any atom is 0.256 e. The van der Waals surface area contributed by atoms with Gasteiger partial charge in [0, 0.05) is 36.6 Å². The second kappa shape index (κ2) is 6.95. The Hall–Kier alpha value is -2.42. The molecule has 0 radical (unpaired) electrons. The van der Waals surface area contributed by atoms with Gasteiger partial charge in [-0.05, 0) is 24.3 Å². The number of piperazine rings is 1. The minimum atomic E-state index is -3.63. The molecule has 7 nitrogen and oxygen atoms in total. The molecule has 0 spiro atoms. The molecule has 1 aliphatic rings. The van der Waals surface area contributed by atoms with Gasteiger partial charge in [-0.1, -0.05) is 29.8 Å². The number of carbonyl (C=O) groups excluding carboxylic acids is 1. The van der Waals surface area contributed by atoms with Crippen molar-refractivity contribution >= 4 is 38.4 Å². The van der Waals surface area contributed by atoms with Gasteiger partial charge in [0.25, 0.3) is 5.91 Å². The number of halogens is 1. The smallest absolute Gasteiger partial charge is 0.256 e. The van der Waals surface area contributed by atoms with Crippen molar-refractivity contribution in [2.24, 2.45) is 0 Å². The molecule has 1 saturated heterocycles. The topological polar surface area (TPSA) is 86.4 Å². The number of para-hydroxylation sites is 1. The molecule has 27 heavy (non-hydrogen) atoms. The van der Waals surface area contributed by atoms with Crippen LogP contribution in [0, 0.1) is 0 Å². The van der Waals surface area contributed by atoms with Crippen molar-refractivity contribution in [3.05, 3.63) is 59.2 Å². The molecule has 1 amide bonds. The first kappa shape index (κ1) is 18.0. The molecule has 0 saturated carbocycles. The van der Waals surface area contributed by atoms with E-state index >= 15 is 0 Å². The number of hydrogen-bond donors (Lipinski definition) is 1. The van der Waals surface area contributed by atoms with Gasteiger partial charge in [-0.2, -0.15) is 9.40 Å². The monoisotopic (exact) mass is 404 g/mol. The van der Waals surface area contributed by atoms with Gasteiger partial charge in [-0.25, -0.2) is 8.42 Å². The van der Waals surface area contributed by atoms with Gasteiger partial charge in [0.05, 0.1) is 22.2 Å². The predicted molar refractivity (Wildman–Crippen MR) is 102 cm³/mol. The molecule has 2 aromatic carbocycles. The molecule has 9 heteroatoms. The Morgan fingerprint density at radius 3 is 2.56 bits per heavy atom. The minimum absolute atomic E-state index is 0.135. The number of aromatic amines is 1. The Morgan fingerprint density at radius 1 is 1.07 bits per heavy atom. The highest BCUT2D eigenvalue weighted by molar-refractivity contribution is 7.89. The molecule has 0 atom stereocenters. The van der Waals surface area contributed by atoms with Crippen LogP contribution in [-0.2, 0) is 10.0 Å². The van der Waals surface area contributed by atoms with Gasteiger partial charge < -0.3 is 4.90 Å². The van der Waals surface area contributed by atoms with E-state index in [0.29, 0.717) is 29.2 Å². The van der Waals surface area contributed by atoms with E-state index in [0.717, 1.165) is 5.39 Å². The maximum atomic E-state index is 12.9. The van der Waals surface area contributed by atoms with Crippen LogP contribution in [0.25, 0.3) is 10.9 Å². The summed E-state index contributed by atoms with van der Waals surface area (Å²) < 4.78 is 26.9. The van der Waals surface area contributed by atoms with Gasteiger partial charge in [-0.3, -0.25) is 9.89 Å². The van der Waals surface area contributed by atoms with Crippen LogP contribution in [-0.4, -0.2) is 59.9 Å². The fourth-order valence-electron chi connectivity index (χ4n) is 3.23. The molecule has 1 aromatic heterocycles. The summed E-state index contributed by atoms with van der Waals surface area (Å²) in [5.74, 6) is -0.135. The van der Waals surface area contributed by atoms with Crippen molar-refractivity contribution in [3.63, 3.8) is 0 Å². The normalized spacial score (nSPS) is 16.0. The second-order valence-corrected chi connectivity index (χ2v) is 8.67. The summed E-state index contributed by atoms with van der Waals surface area (Å²) >= 11 is 5.92. The zero-order chi connectivity index (χ0) is 19.0. The van der Waals surface area contributed by atoms with E-state index in [2.05, 4.69) is 10.2 Å². The third-order valence-corrected chi connectivity index (χ3v) is 6.80. The number of hydrogen-bond acceptors (Lipinski definition) is 4. The van der Waals surface area contributed by atoms with Crippen molar-refractivity contribution in [1.29, 1.82) is 0 Å². The lowest BCUT2D eigenvalue weighted by molar-refractivity contribution is 0.0699. The first-order valence-electron chi connectivity index (χ1n) is 8.44. The van der Waals surface area contributed by atoms with Crippen LogP contribution in [0.5, 0.6) is 0 Å². The van der Waals surface area contributed by atoms with Gasteiger partial charge >= 0.3 is 0 Å². The fraction of sp³-hybridized carbons (Fsp3) is 0.222. The highest BCUT2D eigenvalue weighted by atomic mass is 35.5. The van der Waals surface area contributed by atoms with Crippen LogP contribution in [0.1, 0.15) is 10.4 Å². The van der Waals surface area contributed by atoms with Crippen LogP contribution >= 0.6 is 11.6 Å². The summed E-state index contributed by atoms with van der Waals surface area (Å²) in [6.45, 7) is 1.12. The minimum Gasteiger partial charge on any atom is -0.336 e. The Morgan fingerprint density at radius 2 is 1.81 bits per heavy atom. The molecular weight excluding hydrogens is 388 g/mol. The molecule has 1 fully saturated rings. The highest BCUT2D eigenvalue weighted by Gasteiger charge is 2.31. The Balaban J connectivity index is 1.50. The van der Waals surface area contributed by atoms with Gasteiger partial charge in [0.2, 0.25) is 10.0 Å². The largest absolute Gasteiger partial charge is 0.336 e. The van der Waals surface area contributed by atoms with Crippen molar-refractivity contribution in [1.82, 2.24) is 19.4 Å². The Labute approximate surface area is 161 Å². The summed E-state index contributed by atoms with van der Waals surface area (Å²) in [6.07, 6.45) is 1.67. The van der Waals surface area contributed by atoms with Gasteiger partial charge in [0.15, 0.2) is 0 Å². The van der Waals surface area contributed by atoms with Gasteiger partial charge in [0.1, 0.15) is 0 Å². The van der Waals surface area contributed by atoms with Gasteiger partial charge in [-0.15, -0.1) is 0 Å². The molecule has 1 N–H and O–H groups in total. The number of fused-ring (bicyclic) bond motifs is 1. The molecular formula is C18H17ClN4O3S. The Kier molecular flexibility index (Phi) is 4.63. The number of rotatable bonds is 3. The van der Waals surface area contributed by atoms with E-state index in [1.165, 1.54) is 16.4 Å². The van der Waals surface area contributed by atoms with E-state index < -0.39 is 10.0 Å². The van der Waals surface area contributed by atoms with E-state index in [1.807, 2.05) is 12.1 Å². The average molecular weight is 405 g/mol. The first-order valence-corrected chi connectivity index (χ1v) is 10.3. The summed E-state index contributed by atoms with van der Waals surface area (Å²) in [4.78, 5) is 14.7. The predicted octanol–water partition coefficient (Wildman–Crippen LogP) is 2.36. The van der Waals surface area contributed by atoms with Crippen LogP contribution in [0.2, 0.25) is 5.02 Å². The number of amides is 1. The number of nitrogens with one attached hydrogen (secondary N) is 1. The summed E-state index contributed by atoms with van der Waals surface area (Å²) in [7, 11) is -3.63. The number of H-pyrrole nitrogens is 1. The molecule has 4 rings (SSSR count). The zero-order valence-corrected chi connectivity index (χ0v) is 15.9. The second-order valence-electron chi connectivity index (χ2n) is 6.29. The molecule has 0 aliphatic carbocycles. The third-order valence-electron chi connectivity index (χ3n) is 4.67. The van der Waals surface area contributed by atoms with E-state index in [4.69, 9.17) is 11.6 Å². The van der Waals surface area contributed by atoms with Crippen LogP contribution < -0.4 is 0 Å². The SMILES string of the molecule is O=C(c1cccc2cn[nH]c12)N1CCN(S(=O)(=O)c2cccc(Cl)c2)CC1. The number of carbonyl (C=O) groups is 1. The number of sulfonamides is 1. The quantitative estimate of drug-likeness (QED) is 0.726. The van der Waals surface area contributed by atoms with Crippen LogP contribution in [0.3, 0.4) is 0 Å². The summed E-state index contributed by atoms with van der Waals surface area (Å²) in [5.41, 5.74) is 1.23. The molecule has 0 bridgehead atoms. The number of aromatic nitrogens is 2. The van der Waals surface area contributed by atoms with Crippen molar-refractivity contribution < 1.29 is 13.2 Å². The third kappa shape index (κ3) is 3.31.